The number of ether oxygens (including phenoxy) is 2. The van der Waals surface area contributed by atoms with Crippen molar-refractivity contribution in [2.75, 3.05) is 13.7 Å². The summed E-state index contributed by atoms with van der Waals surface area (Å²) in [6, 6.07) is 20.1. The molecule has 0 fully saturated rings. The molecule has 4 rings (SSSR count). The number of aromatic nitrogens is 1. The lowest BCUT2D eigenvalue weighted by molar-refractivity contribution is -0.144. The van der Waals surface area contributed by atoms with E-state index in [2.05, 4.69) is 14.6 Å². The number of hydrogen-bond acceptors (Lipinski definition) is 5. The number of methoxy groups -OCH3 is 1. The number of rotatable bonds is 8. The van der Waals surface area contributed by atoms with Crippen LogP contribution in [0.3, 0.4) is 0 Å². The second-order valence-corrected chi connectivity index (χ2v) is 7.89. The van der Waals surface area contributed by atoms with Gasteiger partial charge in [0.15, 0.2) is 6.61 Å². The third-order valence-electron chi connectivity index (χ3n) is 5.62. The molecule has 2 amide bonds. The van der Waals surface area contributed by atoms with Crippen LogP contribution in [-0.4, -0.2) is 42.1 Å². The topological polar surface area (TPSA) is 113 Å². The molecule has 0 saturated carbocycles. The lowest BCUT2D eigenvalue weighted by atomic mass is 10.1. The van der Waals surface area contributed by atoms with E-state index >= 15 is 0 Å². The van der Waals surface area contributed by atoms with Gasteiger partial charge in [-0.3, -0.25) is 9.59 Å². The fourth-order valence-electron chi connectivity index (χ4n) is 4.08. The van der Waals surface area contributed by atoms with Crippen molar-refractivity contribution in [1.82, 2.24) is 9.88 Å². The number of nitrogens with one attached hydrogen (secondary N) is 1. The number of nitrogens with zero attached hydrogens (tertiary/aromatic N) is 1. The van der Waals surface area contributed by atoms with Gasteiger partial charge in [-0.25, -0.2) is 4.79 Å². The number of benzene rings is 3. The minimum atomic E-state index is -0.800. The molecule has 0 aliphatic carbocycles. The quantitative estimate of drug-likeness (QED) is 0.394. The summed E-state index contributed by atoms with van der Waals surface area (Å²) in [4.78, 5) is 36.2. The van der Waals surface area contributed by atoms with Crippen LogP contribution >= 0.6 is 0 Å². The Balaban J connectivity index is 1.78. The summed E-state index contributed by atoms with van der Waals surface area (Å²) in [6.07, 6.45) is 0. The zero-order chi connectivity index (χ0) is 24.2. The standard InChI is InChI=1S/C26H25N3O5/c1-16(26(32)33-2)28-22(30)15-34-21-13-7-12-20-24(21)23-18(25(27)31)10-6-11-19(23)29(20)14-17-8-4-3-5-9-17/h3-13,16H,14-15H2,1-2H3,(H2,27,31)(H,28,30)/t16-/m1/s1. The van der Waals surface area contributed by atoms with Gasteiger partial charge in [-0.2, -0.15) is 0 Å². The number of amides is 2. The van der Waals surface area contributed by atoms with E-state index in [0.717, 1.165) is 16.6 Å². The second kappa shape index (κ2) is 9.66. The third-order valence-corrected chi connectivity index (χ3v) is 5.62. The first kappa shape index (κ1) is 22.8. The van der Waals surface area contributed by atoms with Crippen molar-refractivity contribution >= 4 is 39.6 Å². The lowest BCUT2D eigenvalue weighted by Gasteiger charge is -2.13. The van der Waals surface area contributed by atoms with Crippen molar-refractivity contribution in [3.05, 3.63) is 77.9 Å². The van der Waals surface area contributed by atoms with E-state index in [1.807, 2.05) is 48.5 Å². The first-order chi connectivity index (χ1) is 16.4. The highest BCUT2D eigenvalue weighted by Crippen LogP contribution is 2.38. The van der Waals surface area contributed by atoms with Gasteiger partial charge in [0, 0.05) is 17.5 Å². The zero-order valence-electron chi connectivity index (χ0n) is 18.9. The Morgan fingerprint density at radius 2 is 1.62 bits per heavy atom. The Morgan fingerprint density at radius 1 is 0.941 bits per heavy atom. The molecule has 0 aliphatic heterocycles. The third kappa shape index (κ3) is 4.43. The summed E-state index contributed by atoms with van der Waals surface area (Å²) < 4.78 is 12.6. The SMILES string of the molecule is COC(=O)[C@@H](C)NC(=O)COc1cccc2c1c1c(C(N)=O)cccc1n2Cc1ccccc1. The molecule has 1 aromatic heterocycles. The Bertz CT molecular complexity index is 1380. The molecule has 0 radical (unpaired) electrons. The molecule has 1 atom stereocenters. The van der Waals surface area contributed by atoms with E-state index in [1.165, 1.54) is 14.0 Å². The van der Waals surface area contributed by atoms with Gasteiger partial charge < -0.3 is 25.1 Å². The van der Waals surface area contributed by atoms with E-state index < -0.39 is 23.8 Å². The van der Waals surface area contributed by atoms with Crippen LogP contribution in [0, 0.1) is 0 Å². The van der Waals surface area contributed by atoms with Gasteiger partial charge in [0.2, 0.25) is 5.91 Å². The lowest BCUT2D eigenvalue weighted by Crippen LogP contribution is -2.41. The molecular weight excluding hydrogens is 434 g/mol. The van der Waals surface area contributed by atoms with E-state index in [1.54, 1.807) is 18.2 Å². The van der Waals surface area contributed by atoms with Crippen LogP contribution in [0.5, 0.6) is 5.75 Å². The number of primary amides is 1. The highest BCUT2D eigenvalue weighted by molar-refractivity contribution is 6.19. The summed E-state index contributed by atoms with van der Waals surface area (Å²) in [5.41, 5.74) is 8.83. The number of hydrogen-bond donors (Lipinski definition) is 2. The summed E-state index contributed by atoms with van der Waals surface area (Å²) >= 11 is 0. The summed E-state index contributed by atoms with van der Waals surface area (Å²) in [5, 5.41) is 3.89. The fourth-order valence-corrected chi connectivity index (χ4v) is 4.08. The maximum absolute atomic E-state index is 12.3. The van der Waals surface area contributed by atoms with Crippen molar-refractivity contribution in [2.24, 2.45) is 5.73 Å². The molecule has 0 saturated heterocycles. The minimum absolute atomic E-state index is 0.315. The van der Waals surface area contributed by atoms with Crippen molar-refractivity contribution in [1.29, 1.82) is 0 Å². The molecule has 34 heavy (non-hydrogen) atoms. The average Bonchev–Trinajstić information content (AvgIpc) is 3.16. The number of esters is 1. The first-order valence-electron chi connectivity index (χ1n) is 10.8. The molecular formula is C26H25N3O5. The predicted octanol–water partition coefficient (Wildman–Crippen LogP) is 3.00. The Morgan fingerprint density at radius 3 is 2.29 bits per heavy atom. The molecule has 0 bridgehead atoms. The van der Waals surface area contributed by atoms with E-state index in [-0.39, 0.29) is 6.61 Å². The van der Waals surface area contributed by atoms with Gasteiger partial charge in [-0.15, -0.1) is 0 Å². The molecule has 3 N–H and O–H groups in total. The monoisotopic (exact) mass is 459 g/mol. The van der Waals surface area contributed by atoms with E-state index in [9.17, 15) is 14.4 Å². The minimum Gasteiger partial charge on any atom is -0.483 e. The number of carbonyl (C=O) groups is 3. The van der Waals surface area contributed by atoms with Gasteiger partial charge in [0.05, 0.1) is 23.5 Å². The van der Waals surface area contributed by atoms with E-state index in [4.69, 9.17) is 10.5 Å². The van der Waals surface area contributed by atoms with Gasteiger partial charge >= 0.3 is 5.97 Å². The molecule has 0 spiro atoms. The van der Waals surface area contributed by atoms with Gasteiger partial charge in [0.25, 0.3) is 5.91 Å². The zero-order valence-corrected chi connectivity index (χ0v) is 18.9. The molecule has 3 aromatic carbocycles. The van der Waals surface area contributed by atoms with Crippen LogP contribution in [0.15, 0.2) is 66.7 Å². The number of carbonyl (C=O) groups excluding carboxylic acids is 3. The fraction of sp³-hybridized carbons (Fsp3) is 0.192. The maximum Gasteiger partial charge on any atom is 0.328 e. The largest absolute Gasteiger partial charge is 0.483 e. The van der Waals surface area contributed by atoms with Crippen molar-refractivity contribution < 1.29 is 23.9 Å². The highest BCUT2D eigenvalue weighted by Gasteiger charge is 2.21. The summed E-state index contributed by atoms with van der Waals surface area (Å²) in [7, 11) is 1.25. The van der Waals surface area contributed by atoms with Crippen molar-refractivity contribution in [3.8, 4) is 5.75 Å². The molecule has 8 nitrogen and oxygen atoms in total. The molecule has 0 aliphatic rings. The number of nitrogens with two attached hydrogens (primary N) is 1. The predicted molar refractivity (Wildman–Crippen MR) is 129 cm³/mol. The highest BCUT2D eigenvalue weighted by atomic mass is 16.5. The Labute approximate surface area is 196 Å². The van der Waals surface area contributed by atoms with Gasteiger partial charge in [-0.1, -0.05) is 42.5 Å². The molecule has 174 valence electrons. The van der Waals surface area contributed by atoms with Crippen LogP contribution in [-0.2, 0) is 20.9 Å². The molecule has 8 heteroatoms. The van der Waals surface area contributed by atoms with E-state index in [0.29, 0.717) is 28.6 Å². The first-order valence-corrected chi connectivity index (χ1v) is 10.8. The number of fused-ring (bicyclic) bond motifs is 3. The van der Waals surface area contributed by atoms with Crippen LogP contribution in [0.4, 0.5) is 0 Å². The second-order valence-electron chi connectivity index (χ2n) is 7.89. The summed E-state index contributed by atoms with van der Waals surface area (Å²) in [5.74, 6) is -1.14. The average molecular weight is 460 g/mol. The Hall–Kier alpha value is -4.33. The normalized spacial score (nSPS) is 11.8. The van der Waals surface area contributed by atoms with Crippen molar-refractivity contribution in [2.45, 2.75) is 19.5 Å². The summed E-state index contributed by atoms with van der Waals surface area (Å²) in [6.45, 7) is 1.79. The van der Waals surface area contributed by atoms with Crippen LogP contribution in [0.2, 0.25) is 0 Å². The maximum atomic E-state index is 12.3. The van der Waals surface area contributed by atoms with Crippen molar-refractivity contribution in [3.63, 3.8) is 0 Å². The smallest absolute Gasteiger partial charge is 0.328 e. The molecule has 4 aromatic rings. The van der Waals surface area contributed by atoms with Gasteiger partial charge in [0.1, 0.15) is 11.8 Å². The molecule has 0 unspecified atom stereocenters. The van der Waals surface area contributed by atoms with Gasteiger partial charge in [-0.05, 0) is 36.8 Å². The van der Waals surface area contributed by atoms with Crippen LogP contribution in [0.25, 0.3) is 21.8 Å². The van der Waals surface area contributed by atoms with Crippen LogP contribution < -0.4 is 15.8 Å². The molecule has 1 heterocycles. The Kier molecular flexibility index (Phi) is 6.49. The van der Waals surface area contributed by atoms with Crippen LogP contribution in [0.1, 0.15) is 22.8 Å².